The Kier molecular flexibility index (Phi) is 4.37. The van der Waals surface area contributed by atoms with Crippen molar-refractivity contribution in [2.75, 3.05) is 10.6 Å². The van der Waals surface area contributed by atoms with E-state index in [9.17, 15) is 0 Å². The van der Waals surface area contributed by atoms with Gasteiger partial charge in [-0.15, -0.1) is 5.10 Å². The summed E-state index contributed by atoms with van der Waals surface area (Å²) in [6.07, 6.45) is 1.52. The molecular weight excluding hydrogens is 321 g/mol. The molecule has 0 aliphatic rings. The highest BCUT2D eigenvalue weighted by molar-refractivity contribution is 6.33. The maximum atomic E-state index is 6.10. The zero-order chi connectivity index (χ0) is 15.4. The van der Waals surface area contributed by atoms with Gasteiger partial charge in [-0.2, -0.15) is 10.1 Å². The van der Waals surface area contributed by atoms with Crippen LogP contribution in [-0.4, -0.2) is 15.2 Å². The summed E-state index contributed by atoms with van der Waals surface area (Å²) in [5, 5.41) is 15.2. The van der Waals surface area contributed by atoms with Crippen LogP contribution < -0.4 is 10.6 Å². The van der Waals surface area contributed by atoms with Gasteiger partial charge in [0.2, 0.25) is 5.95 Å². The molecule has 0 fully saturated rings. The van der Waals surface area contributed by atoms with Crippen molar-refractivity contribution in [1.29, 1.82) is 0 Å². The standard InChI is InChI=1S/C15H11Cl2N5/c16-10-4-3-5-11(8-10)19-15-21-14(9-18-22-15)20-13-7-2-1-6-12(13)17/h1-9H,(H2,19,20,21,22). The lowest BCUT2D eigenvalue weighted by atomic mass is 10.3. The molecule has 2 aromatic carbocycles. The number of nitrogens with one attached hydrogen (secondary N) is 2. The van der Waals surface area contributed by atoms with E-state index in [-0.39, 0.29) is 0 Å². The number of hydrogen-bond acceptors (Lipinski definition) is 5. The van der Waals surface area contributed by atoms with Gasteiger partial charge >= 0.3 is 0 Å². The molecule has 0 amide bonds. The van der Waals surface area contributed by atoms with E-state index in [0.29, 0.717) is 21.8 Å². The van der Waals surface area contributed by atoms with E-state index in [0.717, 1.165) is 11.4 Å². The van der Waals surface area contributed by atoms with Crippen LogP contribution in [0.1, 0.15) is 0 Å². The van der Waals surface area contributed by atoms with Crippen LogP contribution in [0.2, 0.25) is 10.0 Å². The topological polar surface area (TPSA) is 62.7 Å². The average molecular weight is 332 g/mol. The van der Waals surface area contributed by atoms with Crippen LogP contribution in [0.15, 0.2) is 54.7 Å². The van der Waals surface area contributed by atoms with Gasteiger partial charge < -0.3 is 10.6 Å². The minimum absolute atomic E-state index is 0.360. The summed E-state index contributed by atoms with van der Waals surface area (Å²) in [6.45, 7) is 0. The molecule has 0 spiro atoms. The van der Waals surface area contributed by atoms with Gasteiger partial charge in [0.05, 0.1) is 16.9 Å². The third kappa shape index (κ3) is 3.63. The van der Waals surface area contributed by atoms with Crippen LogP contribution >= 0.6 is 23.2 Å². The largest absolute Gasteiger partial charge is 0.338 e. The van der Waals surface area contributed by atoms with E-state index in [1.807, 2.05) is 30.3 Å². The van der Waals surface area contributed by atoms with E-state index >= 15 is 0 Å². The first-order valence-corrected chi connectivity index (χ1v) is 7.20. The Labute approximate surface area is 137 Å². The quantitative estimate of drug-likeness (QED) is 0.727. The van der Waals surface area contributed by atoms with E-state index in [4.69, 9.17) is 23.2 Å². The molecular formula is C15H11Cl2N5. The third-order valence-corrected chi connectivity index (χ3v) is 3.34. The number of benzene rings is 2. The van der Waals surface area contributed by atoms with E-state index in [2.05, 4.69) is 25.8 Å². The van der Waals surface area contributed by atoms with Gasteiger partial charge in [-0.1, -0.05) is 41.4 Å². The highest BCUT2D eigenvalue weighted by atomic mass is 35.5. The van der Waals surface area contributed by atoms with Crippen molar-refractivity contribution < 1.29 is 0 Å². The molecule has 1 aromatic heterocycles. The zero-order valence-corrected chi connectivity index (χ0v) is 12.8. The molecule has 0 aliphatic heterocycles. The average Bonchev–Trinajstić information content (AvgIpc) is 2.50. The minimum atomic E-state index is 0.360. The van der Waals surface area contributed by atoms with Crippen LogP contribution in [0, 0.1) is 0 Å². The van der Waals surface area contributed by atoms with Gasteiger partial charge in [-0.3, -0.25) is 0 Å². The monoisotopic (exact) mass is 331 g/mol. The molecule has 0 saturated heterocycles. The molecule has 3 aromatic rings. The van der Waals surface area contributed by atoms with Gasteiger partial charge in [0.1, 0.15) is 0 Å². The van der Waals surface area contributed by atoms with Crippen molar-refractivity contribution >= 4 is 46.3 Å². The van der Waals surface area contributed by atoms with Crippen molar-refractivity contribution in [2.24, 2.45) is 0 Å². The molecule has 2 N–H and O–H groups in total. The summed E-state index contributed by atoms with van der Waals surface area (Å²) in [4.78, 5) is 4.34. The van der Waals surface area contributed by atoms with Crippen LogP contribution in [0.3, 0.4) is 0 Å². The summed E-state index contributed by atoms with van der Waals surface area (Å²) in [6, 6.07) is 14.7. The predicted molar refractivity (Wildman–Crippen MR) is 89.3 cm³/mol. The third-order valence-electron chi connectivity index (χ3n) is 2.78. The molecule has 0 aliphatic carbocycles. The lowest BCUT2D eigenvalue weighted by Gasteiger charge is -2.08. The molecule has 5 nitrogen and oxygen atoms in total. The Balaban J connectivity index is 1.79. The van der Waals surface area contributed by atoms with Gasteiger partial charge in [0, 0.05) is 10.7 Å². The molecule has 0 saturated carbocycles. The first kappa shape index (κ1) is 14.6. The maximum absolute atomic E-state index is 6.10. The lowest BCUT2D eigenvalue weighted by Crippen LogP contribution is -2.02. The number of hydrogen-bond donors (Lipinski definition) is 2. The Morgan fingerprint density at radius 2 is 1.77 bits per heavy atom. The summed E-state index contributed by atoms with van der Waals surface area (Å²) in [5.41, 5.74) is 1.53. The number of halogens is 2. The number of aromatic nitrogens is 3. The first-order chi connectivity index (χ1) is 10.7. The fourth-order valence-corrected chi connectivity index (χ4v) is 2.19. The normalized spacial score (nSPS) is 10.3. The van der Waals surface area contributed by atoms with Crippen LogP contribution in [0.4, 0.5) is 23.1 Å². The Morgan fingerprint density at radius 1 is 0.909 bits per heavy atom. The van der Waals surface area contributed by atoms with E-state index in [1.165, 1.54) is 6.20 Å². The Bertz CT molecular complexity index is 794. The second-order valence-corrected chi connectivity index (χ2v) is 5.25. The number of nitrogens with zero attached hydrogens (tertiary/aromatic N) is 3. The molecule has 0 bridgehead atoms. The first-order valence-electron chi connectivity index (χ1n) is 6.44. The Hall–Kier alpha value is -2.37. The van der Waals surface area contributed by atoms with Crippen LogP contribution in [0.25, 0.3) is 0 Å². The van der Waals surface area contributed by atoms with Gasteiger partial charge in [-0.25, -0.2) is 0 Å². The number of rotatable bonds is 4. The van der Waals surface area contributed by atoms with Gasteiger partial charge in [0.25, 0.3) is 0 Å². The van der Waals surface area contributed by atoms with Crippen molar-refractivity contribution in [2.45, 2.75) is 0 Å². The van der Waals surface area contributed by atoms with E-state index in [1.54, 1.807) is 18.2 Å². The highest BCUT2D eigenvalue weighted by Crippen LogP contribution is 2.24. The minimum Gasteiger partial charge on any atom is -0.338 e. The Morgan fingerprint density at radius 3 is 2.59 bits per heavy atom. The van der Waals surface area contributed by atoms with Crippen molar-refractivity contribution in [1.82, 2.24) is 15.2 Å². The van der Waals surface area contributed by atoms with Crippen molar-refractivity contribution in [3.05, 3.63) is 64.8 Å². The van der Waals surface area contributed by atoms with Gasteiger partial charge in [0.15, 0.2) is 5.82 Å². The second kappa shape index (κ2) is 6.60. The van der Waals surface area contributed by atoms with Gasteiger partial charge in [-0.05, 0) is 30.3 Å². The van der Waals surface area contributed by atoms with Crippen LogP contribution in [-0.2, 0) is 0 Å². The molecule has 0 unspecified atom stereocenters. The van der Waals surface area contributed by atoms with Crippen molar-refractivity contribution in [3.8, 4) is 0 Å². The predicted octanol–water partition coefficient (Wildman–Crippen LogP) is 4.67. The fourth-order valence-electron chi connectivity index (χ4n) is 1.81. The molecule has 22 heavy (non-hydrogen) atoms. The molecule has 110 valence electrons. The van der Waals surface area contributed by atoms with Crippen molar-refractivity contribution in [3.63, 3.8) is 0 Å². The number of anilines is 4. The molecule has 0 radical (unpaired) electrons. The SMILES string of the molecule is Clc1cccc(Nc2nncc(Nc3ccccc3Cl)n2)c1. The molecule has 3 rings (SSSR count). The highest BCUT2D eigenvalue weighted by Gasteiger charge is 2.04. The van der Waals surface area contributed by atoms with E-state index < -0.39 is 0 Å². The molecule has 7 heteroatoms. The summed E-state index contributed by atoms with van der Waals surface area (Å²) < 4.78 is 0. The maximum Gasteiger partial charge on any atom is 0.249 e. The molecule has 0 atom stereocenters. The number of para-hydroxylation sites is 1. The smallest absolute Gasteiger partial charge is 0.249 e. The van der Waals surface area contributed by atoms with Crippen LogP contribution in [0.5, 0.6) is 0 Å². The molecule has 1 heterocycles. The fraction of sp³-hybridized carbons (Fsp3) is 0. The second-order valence-electron chi connectivity index (χ2n) is 4.41. The summed E-state index contributed by atoms with van der Waals surface area (Å²) in [5.74, 6) is 0.895. The summed E-state index contributed by atoms with van der Waals surface area (Å²) >= 11 is 12.0. The summed E-state index contributed by atoms with van der Waals surface area (Å²) in [7, 11) is 0. The lowest BCUT2D eigenvalue weighted by molar-refractivity contribution is 0.982. The zero-order valence-electron chi connectivity index (χ0n) is 11.3.